The number of amides is 1. The van der Waals surface area contributed by atoms with Gasteiger partial charge in [-0.15, -0.1) is 11.3 Å². The Morgan fingerprint density at radius 2 is 2.22 bits per heavy atom. The Labute approximate surface area is 145 Å². The second kappa shape index (κ2) is 6.86. The van der Waals surface area contributed by atoms with E-state index in [0.29, 0.717) is 17.1 Å². The molecular weight excluding hydrogens is 350 g/mol. The molecule has 0 atom stereocenters. The van der Waals surface area contributed by atoms with E-state index < -0.39 is 0 Å². The van der Waals surface area contributed by atoms with E-state index in [1.165, 1.54) is 27.7 Å². The zero-order chi connectivity index (χ0) is 16.4. The van der Waals surface area contributed by atoms with E-state index >= 15 is 0 Å². The molecule has 0 fully saturated rings. The van der Waals surface area contributed by atoms with Crippen molar-refractivity contribution in [2.24, 2.45) is 7.05 Å². The van der Waals surface area contributed by atoms with E-state index in [1.54, 1.807) is 36.4 Å². The van der Waals surface area contributed by atoms with Gasteiger partial charge in [0.05, 0.1) is 11.1 Å². The first kappa shape index (κ1) is 16.2. The molecule has 3 aromatic rings. The molecule has 3 rings (SSSR count). The lowest BCUT2D eigenvalue weighted by Crippen LogP contribution is -2.28. The van der Waals surface area contributed by atoms with Gasteiger partial charge >= 0.3 is 0 Å². The maximum Gasteiger partial charge on any atom is 0.262 e. The summed E-state index contributed by atoms with van der Waals surface area (Å²) in [5.74, 6) is 0.277. The van der Waals surface area contributed by atoms with Gasteiger partial charge in [-0.3, -0.25) is 14.2 Å². The molecule has 3 aromatic heterocycles. The third kappa shape index (κ3) is 3.49. The summed E-state index contributed by atoms with van der Waals surface area (Å²) in [6, 6.07) is 3.79. The highest BCUT2D eigenvalue weighted by atomic mass is 32.2. The number of hydrogen-bond acceptors (Lipinski definition) is 6. The van der Waals surface area contributed by atoms with Crippen molar-refractivity contribution in [1.82, 2.24) is 14.5 Å². The highest BCUT2D eigenvalue weighted by Crippen LogP contribution is 2.21. The molecule has 0 aromatic carbocycles. The van der Waals surface area contributed by atoms with Gasteiger partial charge in [0.2, 0.25) is 5.91 Å². The van der Waals surface area contributed by atoms with Crippen LogP contribution in [0.4, 0.5) is 0 Å². The summed E-state index contributed by atoms with van der Waals surface area (Å²) in [6.45, 7) is 0.596. The summed E-state index contributed by atoms with van der Waals surface area (Å²) in [5.41, 5.74) is 1.05. The van der Waals surface area contributed by atoms with Crippen molar-refractivity contribution in [3.8, 4) is 0 Å². The van der Waals surface area contributed by atoms with Gasteiger partial charge in [0, 0.05) is 20.6 Å². The Morgan fingerprint density at radius 1 is 1.39 bits per heavy atom. The third-order valence-corrected chi connectivity index (χ3v) is 5.97. The Morgan fingerprint density at radius 3 is 2.96 bits per heavy atom. The molecule has 0 N–H and O–H groups in total. The van der Waals surface area contributed by atoms with Gasteiger partial charge in [0.15, 0.2) is 5.16 Å². The van der Waals surface area contributed by atoms with E-state index in [-0.39, 0.29) is 17.2 Å². The average molecular weight is 366 g/mol. The van der Waals surface area contributed by atoms with Gasteiger partial charge in [-0.25, -0.2) is 4.98 Å². The van der Waals surface area contributed by atoms with Crippen molar-refractivity contribution in [2.45, 2.75) is 11.7 Å². The molecule has 120 valence electrons. The first-order chi connectivity index (χ1) is 11.1. The van der Waals surface area contributed by atoms with Crippen LogP contribution in [0.5, 0.6) is 0 Å². The molecule has 1 amide bonds. The predicted molar refractivity (Wildman–Crippen MR) is 96.4 cm³/mol. The molecular formula is C15H15N3O2S3. The Kier molecular flexibility index (Phi) is 4.84. The van der Waals surface area contributed by atoms with E-state index in [1.807, 2.05) is 22.2 Å². The van der Waals surface area contributed by atoms with Crippen LogP contribution in [0.15, 0.2) is 38.2 Å². The number of carbonyl (C=O) groups excluding carboxylic acids is 1. The standard InChI is InChI=1S/C15H15N3O2S3/c1-17(7-10-3-5-21-8-10)12(19)9-23-15-16-13-11(4-6-22-13)14(20)18(15)2/h3-6,8H,7,9H2,1-2H3. The van der Waals surface area contributed by atoms with Crippen molar-refractivity contribution in [1.29, 1.82) is 0 Å². The van der Waals surface area contributed by atoms with Crippen LogP contribution in [0.3, 0.4) is 0 Å². The van der Waals surface area contributed by atoms with Crippen LogP contribution in [-0.2, 0) is 18.4 Å². The number of aromatic nitrogens is 2. The first-order valence-electron chi connectivity index (χ1n) is 6.88. The molecule has 8 heteroatoms. The van der Waals surface area contributed by atoms with E-state index in [0.717, 1.165) is 10.4 Å². The lowest BCUT2D eigenvalue weighted by Gasteiger charge is -2.16. The maximum absolute atomic E-state index is 12.2. The van der Waals surface area contributed by atoms with Gasteiger partial charge in [-0.05, 0) is 33.8 Å². The second-order valence-corrected chi connectivity index (χ2v) is 7.69. The highest BCUT2D eigenvalue weighted by molar-refractivity contribution is 7.99. The zero-order valence-electron chi connectivity index (χ0n) is 12.7. The van der Waals surface area contributed by atoms with Crippen molar-refractivity contribution < 1.29 is 4.79 Å². The highest BCUT2D eigenvalue weighted by Gasteiger charge is 2.14. The van der Waals surface area contributed by atoms with E-state index in [9.17, 15) is 9.59 Å². The normalized spacial score (nSPS) is 11.0. The monoisotopic (exact) mass is 365 g/mol. The van der Waals surface area contributed by atoms with Crippen molar-refractivity contribution >= 4 is 50.6 Å². The van der Waals surface area contributed by atoms with Crippen LogP contribution >= 0.6 is 34.4 Å². The SMILES string of the molecule is CN(Cc1ccsc1)C(=O)CSc1nc2sccc2c(=O)n1C. The predicted octanol–water partition coefficient (Wildman–Crippen LogP) is 2.81. The van der Waals surface area contributed by atoms with Crippen LogP contribution in [0, 0.1) is 0 Å². The summed E-state index contributed by atoms with van der Waals surface area (Å²) >= 11 is 4.35. The Balaban J connectivity index is 1.69. The van der Waals surface area contributed by atoms with Crippen LogP contribution in [0.1, 0.15) is 5.56 Å². The van der Waals surface area contributed by atoms with E-state index in [2.05, 4.69) is 4.98 Å². The summed E-state index contributed by atoms with van der Waals surface area (Å²) in [6.07, 6.45) is 0. The fourth-order valence-corrected chi connectivity index (χ4v) is 4.47. The Hall–Kier alpha value is -1.64. The molecule has 0 bridgehead atoms. The maximum atomic E-state index is 12.2. The van der Waals surface area contributed by atoms with Gasteiger partial charge in [0.25, 0.3) is 5.56 Å². The molecule has 3 heterocycles. The first-order valence-corrected chi connectivity index (χ1v) is 9.69. The second-order valence-electron chi connectivity index (χ2n) is 5.07. The molecule has 0 saturated carbocycles. The number of hydrogen-bond donors (Lipinski definition) is 0. The van der Waals surface area contributed by atoms with Crippen LogP contribution in [0.2, 0.25) is 0 Å². The Bertz CT molecular complexity index is 883. The van der Waals surface area contributed by atoms with Gasteiger partial charge in [-0.2, -0.15) is 11.3 Å². The molecule has 0 aliphatic heterocycles. The molecule has 0 unspecified atom stereocenters. The summed E-state index contributed by atoms with van der Waals surface area (Å²) in [5, 5.41) is 7.09. The largest absolute Gasteiger partial charge is 0.341 e. The third-order valence-electron chi connectivity index (χ3n) is 3.41. The molecule has 0 spiro atoms. The minimum absolute atomic E-state index is 0.0155. The van der Waals surface area contributed by atoms with Crippen molar-refractivity contribution in [2.75, 3.05) is 12.8 Å². The minimum Gasteiger partial charge on any atom is -0.341 e. The summed E-state index contributed by atoms with van der Waals surface area (Å²) < 4.78 is 1.51. The van der Waals surface area contributed by atoms with E-state index in [4.69, 9.17) is 0 Å². The van der Waals surface area contributed by atoms with Crippen molar-refractivity contribution in [3.05, 3.63) is 44.2 Å². The number of thiophene rings is 2. The summed E-state index contributed by atoms with van der Waals surface area (Å²) in [7, 11) is 3.48. The van der Waals surface area contributed by atoms with Gasteiger partial charge < -0.3 is 4.90 Å². The molecule has 0 saturated heterocycles. The van der Waals surface area contributed by atoms with Crippen molar-refractivity contribution in [3.63, 3.8) is 0 Å². The molecule has 0 radical (unpaired) electrons. The summed E-state index contributed by atoms with van der Waals surface area (Å²) in [4.78, 5) is 31.4. The lowest BCUT2D eigenvalue weighted by atomic mass is 10.3. The number of rotatable bonds is 5. The smallest absolute Gasteiger partial charge is 0.262 e. The molecule has 5 nitrogen and oxygen atoms in total. The van der Waals surface area contributed by atoms with Crippen LogP contribution < -0.4 is 5.56 Å². The molecule has 0 aliphatic carbocycles. The van der Waals surface area contributed by atoms with Gasteiger partial charge in [0.1, 0.15) is 4.83 Å². The lowest BCUT2D eigenvalue weighted by molar-refractivity contribution is -0.127. The van der Waals surface area contributed by atoms with Gasteiger partial charge in [-0.1, -0.05) is 11.8 Å². The number of nitrogens with zero attached hydrogens (tertiary/aromatic N) is 3. The van der Waals surface area contributed by atoms with Crippen LogP contribution in [-0.4, -0.2) is 33.2 Å². The molecule has 0 aliphatic rings. The minimum atomic E-state index is -0.0715. The average Bonchev–Trinajstić information content (AvgIpc) is 3.20. The number of fused-ring (bicyclic) bond motifs is 1. The fraction of sp³-hybridized carbons (Fsp3) is 0.267. The number of thioether (sulfide) groups is 1. The molecule has 23 heavy (non-hydrogen) atoms. The van der Waals surface area contributed by atoms with Crippen LogP contribution in [0.25, 0.3) is 10.2 Å². The fourth-order valence-electron chi connectivity index (χ4n) is 2.09. The zero-order valence-corrected chi connectivity index (χ0v) is 15.1. The number of carbonyl (C=O) groups is 1. The topological polar surface area (TPSA) is 55.2 Å². The quantitative estimate of drug-likeness (QED) is 0.515.